The molecule has 0 spiro atoms. The summed E-state index contributed by atoms with van der Waals surface area (Å²) in [7, 11) is 0. The summed E-state index contributed by atoms with van der Waals surface area (Å²) in [5.74, 6) is 0. The van der Waals surface area contributed by atoms with Crippen molar-refractivity contribution in [1.82, 2.24) is 5.16 Å². The molecule has 0 bridgehead atoms. The standard InChI is InChI=1S/C10H8BrNO2/c11-9-3-1-2-7(5-9)4-8-6-12-14-10(8)13/h1-3,5-6,12H,4H2. The van der Waals surface area contributed by atoms with Crippen molar-refractivity contribution in [2.24, 2.45) is 0 Å². The highest BCUT2D eigenvalue weighted by Gasteiger charge is 2.03. The quantitative estimate of drug-likeness (QED) is 0.893. The first-order valence-corrected chi connectivity index (χ1v) is 4.95. The molecule has 14 heavy (non-hydrogen) atoms. The van der Waals surface area contributed by atoms with Crippen molar-refractivity contribution in [3.63, 3.8) is 0 Å². The highest BCUT2D eigenvalue weighted by atomic mass is 79.9. The van der Waals surface area contributed by atoms with Crippen LogP contribution >= 0.6 is 15.9 Å². The number of hydrogen-bond donors (Lipinski definition) is 1. The summed E-state index contributed by atoms with van der Waals surface area (Å²) >= 11 is 3.38. The van der Waals surface area contributed by atoms with Crippen molar-refractivity contribution in [2.45, 2.75) is 6.42 Å². The lowest BCUT2D eigenvalue weighted by Crippen LogP contribution is -2.01. The van der Waals surface area contributed by atoms with Gasteiger partial charge in [-0.05, 0) is 17.7 Å². The van der Waals surface area contributed by atoms with Crippen LogP contribution in [0.15, 0.2) is 44.3 Å². The first kappa shape index (κ1) is 9.27. The number of aromatic amines is 1. The summed E-state index contributed by atoms with van der Waals surface area (Å²) < 4.78 is 5.58. The minimum absolute atomic E-state index is 0.301. The maximum absolute atomic E-state index is 11.1. The zero-order valence-electron chi connectivity index (χ0n) is 7.29. The lowest BCUT2D eigenvalue weighted by molar-refractivity contribution is 0.390. The second kappa shape index (κ2) is 3.84. The van der Waals surface area contributed by atoms with Gasteiger partial charge in [0.1, 0.15) is 0 Å². The summed E-state index contributed by atoms with van der Waals surface area (Å²) in [6, 6.07) is 7.83. The lowest BCUT2D eigenvalue weighted by Gasteiger charge is -1.97. The van der Waals surface area contributed by atoms with Crippen LogP contribution in [-0.2, 0) is 6.42 Å². The number of aromatic nitrogens is 1. The summed E-state index contributed by atoms with van der Waals surface area (Å²) in [6.45, 7) is 0. The largest absolute Gasteiger partial charge is 0.360 e. The number of halogens is 1. The van der Waals surface area contributed by atoms with Gasteiger partial charge >= 0.3 is 5.63 Å². The highest BCUT2D eigenvalue weighted by molar-refractivity contribution is 9.10. The molecule has 0 unspecified atom stereocenters. The summed E-state index contributed by atoms with van der Waals surface area (Å²) in [5, 5.41) is 2.43. The van der Waals surface area contributed by atoms with Crippen LogP contribution in [0, 0.1) is 0 Å². The normalized spacial score (nSPS) is 10.4. The first-order valence-electron chi connectivity index (χ1n) is 4.16. The van der Waals surface area contributed by atoms with E-state index in [1.165, 1.54) is 0 Å². The molecule has 0 amide bonds. The van der Waals surface area contributed by atoms with Gasteiger partial charge < -0.3 is 4.52 Å². The maximum atomic E-state index is 11.1. The van der Waals surface area contributed by atoms with Crippen LogP contribution < -0.4 is 5.63 Å². The second-order valence-corrected chi connectivity index (χ2v) is 3.90. The van der Waals surface area contributed by atoms with Crippen molar-refractivity contribution in [3.8, 4) is 0 Å². The molecule has 2 aromatic rings. The summed E-state index contributed by atoms with van der Waals surface area (Å²) in [4.78, 5) is 11.1. The molecule has 0 atom stereocenters. The van der Waals surface area contributed by atoms with Crippen molar-refractivity contribution in [1.29, 1.82) is 0 Å². The number of hydrogen-bond acceptors (Lipinski definition) is 2. The molecule has 0 aliphatic heterocycles. The molecule has 0 aliphatic carbocycles. The molecular weight excluding hydrogens is 246 g/mol. The average molecular weight is 254 g/mol. The van der Waals surface area contributed by atoms with Crippen LogP contribution in [0.1, 0.15) is 11.1 Å². The second-order valence-electron chi connectivity index (χ2n) is 2.98. The first-order chi connectivity index (χ1) is 6.75. The van der Waals surface area contributed by atoms with Crippen LogP contribution in [0.4, 0.5) is 0 Å². The van der Waals surface area contributed by atoms with E-state index in [9.17, 15) is 4.79 Å². The van der Waals surface area contributed by atoms with Crippen LogP contribution in [-0.4, -0.2) is 5.16 Å². The van der Waals surface area contributed by atoms with E-state index in [4.69, 9.17) is 0 Å². The Hall–Kier alpha value is -1.29. The number of nitrogens with one attached hydrogen (secondary N) is 1. The van der Waals surface area contributed by atoms with Gasteiger partial charge in [0, 0.05) is 17.1 Å². The van der Waals surface area contributed by atoms with E-state index in [-0.39, 0.29) is 5.63 Å². The van der Waals surface area contributed by atoms with E-state index >= 15 is 0 Å². The van der Waals surface area contributed by atoms with Crippen LogP contribution in [0.2, 0.25) is 0 Å². The Bertz CT molecular complexity index is 487. The number of rotatable bonds is 2. The number of H-pyrrole nitrogens is 1. The molecule has 1 aromatic heterocycles. The van der Waals surface area contributed by atoms with Gasteiger partial charge in [-0.2, -0.15) is 0 Å². The molecule has 0 saturated heterocycles. The molecule has 0 radical (unpaired) electrons. The Balaban J connectivity index is 2.27. The van der Waals surface area contributed by atoms with Gasteiger partial charge in [-0.25, -0.2) is 9.95 Å². The molecule has 1 N–H and O–H groups in total. The SMILES string of the molecule is O=c1o[nH]cc1Cc1cccc(Br)c1. The highest BCUT2D eigenvalue weighted by Crippen LogP contribution is 2.13. The molecule has 1 heterocycles. The van der Waals surface area contributed by atoms with Crippen molar-refractivity contribution in [3.05, 3.63) is 56.5 Å². The van der Waals surface area contributed by atoms with Gasteiger partial charge in [-0.1, -0.05) is 28.1 Å². The molecule has 3 nitrogen and oxygen atoms in total. The molecule has 2 rings (SSSR count). The fraction of sp³-hybridized carbons (Fsp3) is 0.100. The van der Waals surface area contributed by atoms with E-state index in [0.29, 0.717) is 12.0 Å². The minimum atomic E-state index is -0.301. The van der Waals surface area contributed by atoms with Gasteiger partial charge in [-0.3, -0.25) is 0 Å². The fourth-order valence-electron chi connectivity index (χ4n) is 1.27. The van der Waals surface area contributed by atoms with Crippen molar-refractivity contribution < 1.29 is 4.52 Å². The van der Waals surface area contributed by atoms with E-state index in [1.807, 2.05) is 24.3 Å². The van der Waals surface area contributed by atoms with Crippen molar-refractivity contribution >= 4 is 15.9 Å². The predicted molar refractivity (Wildman–Crippen MR) is 56.3 cm³/mol. The molecule has 0 fully saturated rings. The third-order valence-electron chi connectivity index (χ3n) is 1.93. The van der Waals surface area contributed by atoms with E-state index in [1.54, 1.807) is 6.20 Å². The van der Waals surface area contributed by atoms with E-state index < -0.39 is 0 Å². The monoisotopic (exact) mass is 253 g/mol. The Morgan fingerprint density at radius 1 is 1.43 bits per heavy atom. The van der Waals surface area contributed by atoms with Gasteiger partial charge in [0.25, 0.3) is 0 Å². The molecule has 4 heteroatoms. The summed E-state index contributed by atoms with van der Waals surface area (Å²) in [6.07, 6.45) is 2.18. The Kier molecular flexibility index (Phi) is 2.54. The molecule has 0 aliphatic rings. The van der Waals surface area contributed by atoms with Gasteiger partial charge in [0.15, 0.2) is 0 Å². The van der Waals surface area contributed by atoms with Crippen LogP contribution in [0.3, 0.4) is 0 Å². The molecular formula is C10H8BrNO2. The van der Waals surface area contributed by atoms with Gasteiger partial charge in [0.2, 0.25) is 0 Å². The predicted octanol–water partition coefficient (Wildman–Crippen LogP) is 2.32. The Morgan fingerprint density at radius 3 is 2.93 bits per heavy atom. The Labute approximate surface area is 88.8 Å². The molecule has 72 valence electrons. The molecule has 1 aromatic carbocycles. The zero-order chi connectivity index (χ0) is 9.97. The zero-order valence-corrected chi connectivity index (χ0v) is 8.87. The number of benzene rings is 1. The lowest BCUT2D eigenvalue weighted by atomic mass is 10.1. The van der Waals surface area contributed by atoms with E-state index in [2.05, 4.69) is 25.6 Å². The topological polar surface area (TPSA) is 46.0 Å². The smallest absolute Gasteiger partial charge is 0.339 e. The fourth-order valence-corrected chi connectivity index (χ4v) is 1.72. The van der Waals surface area contributed by atoms with Crippen LogP contribution in [0.5, 0.6) is 0 Å². The minimum Gasteiger partial charge on any atom is -0.339 e. The molecule has 0 saturated carbocycles. The van der Waals surface area contributed by atoms with E-state index in [0.717, 1.165) is 10.0 Å². The van der Waals surface area contributed by atoms with Crippen molar-refractivity contribution in [2.75, 3.05) is 0 Å². The van der Waals surface area contributed by atoms with Crippen LogP contribution in [0.25, 0.3) is 0 Å². The summed E-state index contributed by atoms with van der Waals surface area (Å²) in [5.41, 5.74) is 1.42. The average Bonchev–Trinajstić information content (AvgIpc) is 2.52. The maximum Gasteiger partial charge on any atom is 0.360 e. The third kappa shape index (κ3) is 1.96. The van der Waals surface area contributed by atoms with Gasteiger partial charge in [-0.15, -0.1) is 0 Å². The van der Waals surface area contributed by atoms with Gasteiger partial charge in [0.05, 0.1) is 5.56 Å². The third-order valence-corrected chi connectivity index (χ3v) is 2.42. The Morgan fingerprint density at radius 2 is 2.29 bits per heavy atom.